The fourth-order valence-corrected chi connectivity index (χ4v) is 5.87. The third-order valence-electron chi connectivity index (χ3n) is 7.76. The average molecular weight is 436 g/mol. The lowest BCUT2D eigenvalue weighted by molar-refractivity contribution is -0.158. The van der Waals surface area contributed by atoms with Crippen molar-refractivity contribution in [3.05, 3.63) is 60.3 Å². The van der Waals surface area contributed by atoms with Gasteiger partial charge in [-0.25, -0.2) is 4.39 Å². The van der Waals surface area contributed by atoms with Crippen LogP contribution in [-0.2, 0) is 9.53 Å². The van der Waals surface area contributed by atoms with Gasteiger partial charge in [0.15, 0.2) is 5.76 Å². The lowest BCUT2D eigenvalue weighted by Crippen LogP contribution is -2.56. The van der Waals surface area contributed by atoms with Crippen LogP contribution in [0.25, 0.3) is 11.1 Å². The maximum atomic E-state index is 13.5. The number of rotatable bonds is 4. The molecule has 1 saturated heterocycles. The van der Waals surface area contributed by atoms with E-state index in [1.165, 1.54) is 18.4 Å². The smallest absolute Gasteiger partial charge is 0.288 e. The van der Waals surface area contributed by atoms with Crippen LogP contribution in [0.1, 0.15) is 36.2 Å². The molecule has 3 heterocycles. The van der Waals surface area contributed by atoms with E-state index in [9.17, 15) is 14.0 Å². The third kappa shape index (κ3) is 2.80. The van der Waals surface area contributed by atoms with E-state index >= 15 is 0 Å². The van der Waals surface area contributed by atoms with E-state index in [0.717, 1.165) is 25.7 Å². The van der Waals surface area contributed by atoms with Gasteiger partial charge in [0.25, 0.3) is 5.91 Å². The number of nitrogens with zero attached hydrogens (tertiary/aromatic N) is 1. The van der Waals surface area contributed by atoms with Crippen molar-refractivity contribution in [1.29, 1.82) is 0 Å². The van der Waals surface area contributed by atoms with Crippen LogP contribution in [0.5, 0.6) is 0 Å². The monoisotopic (exact) mass is 436 g/mol. The van der Waals surface area contributed by atoms with Crippen LogP contribution < -0.4 is 5.32 Å². The molecule has 0 bridgehead atoms. The molecule has 2 amide bonds. The first-order valence-electron chi connectivity index (χ1n) is 11.3. The predicted octanol–water partition coefficient (Wildman–Crippen LogP) is 3.54. The first kappa shape index (κ1) is 19.7. The highest BCUT2D eigenvalue weighted by molar-refractivity contribution is 5.98. The van der Waals surface area contributed by atoms with Crippen molar-refractivity contribution >= 4 is 11.8 Å². The Labute approximate surface area is 185 Å². The van der Waals surface area contributed by atoms with Crippen LogP contribution in [0, 0.1) is 17.2 Å². The maximum absolute atomic E-state index is 13.5. The minimum absolute atomic E-state index is 0.173. The zero-order chi connectivity index (χ0) is 21.9. The fourth-order valence-electron chi connectivity index (χ4n) is 5.87. The molecule has 3 atom stereocenters. The number of carbonyl (C=O) groups is 2. The molecular formula is C25H25FN2O4. The normalized spacial score (nSPS) is 29.5. The topological polar surface area (TPSA) is 71.8 Å². The molecule has 3 fully saturated rings. The second kappa shape index (κ2) is 7.04. The van der Waals surface area contributed by atoms with E-state index in [2.05, 4.69) is 5.32 Å². The molecule has 1 aromatic carbocycles. The molecule has 32 heavy (non-hydrogen) atoms. The Balaban J connectivity index is 1.16. The van der Waals surface area contributed by atoms with Gasteiger partial charge in [0.2, 0.25) is 5.91 Å². The van der Waals surface area contributed by atoms with Crippen molar-refractivity contribution in [2.75, 3.05) is 19.7 Å². The van der Waals surface area contributed by atoms with Crippen LogP contribution in [0.2, 0.25) is 0 Å². The molecule has 166 valence electrons. The number of halogens is 1. The summed E-state index contributed by atoms with van der Waals surface area (Å²) in [7, 11) is 0. The van der Waals surface area contributed by atoms with E-state index in [1.807, 2.05) is 17.1 Å². The lowest BCUT2D eigenvalue weighted by Gasteiger charge is -2.46. The third-order valence-corrected chi connectivity index (χ3v) is 7.76. The van der Waals surface area contributed by atoms with E-state index < -0.39 is 0 Å². The second-order valence-corrected chi connectivity index (χ2v) is 9.42. The van der Waals surface area contributed by atoms with Crippen molar-refractivity contribution in [3.8, 4) is 11.1 Å². The standard InChI is InChI=1S/C25H25FN2O4/c26-18-6-4-16(5-7-18)20-8-12-31-21(20)22(29)27-19-3-1-11-28(14-19)23(30)25-13-17(25)15-32-24(25)9-2-10-24/h1,3-8,12,17,19H,2,9-11,13-15H2,(H,27,29)/t17-,19?,25-/m0/s1. The quantitative estimate of drug-likeness (QED) is 0.745. The van der Waals surface area contributed by atoms with E-state index in [4.69, 9.17) is 9.15 Å². The molecule has 1 unspecified atom stereocenters. The Morgan fingerprint density at radius 3 is 2.69 bits per heavy atom. The highest BCUT2D eigenvalue weighted by Crippen LogP contribution is 2.71. The molecule has 4 aliphatic rings. The summed E-state index contributed by atoms with van der Waals surface area (Å²) >= 11 is 0. The number of amides is 2. The molecule has 6 rings (SSSR count). The number of ether oxygens (including phenoxy) is 1. The number of hydrogen-bond donors (Lipinski definition) is 1. The maximum Gasteiger partial charge on any atom is 0.288 e. The molecule has 2 aromatic rings. The fraction of sp³-hybridized carbons (Fsp3) is 0.440. The summed E-state index contributed by atoms with van der Waals surface area (Å²) < 4.78 is 24.8. The Kier molecular flexibility index (Phi) is 4.34. The van der Waals surface area contributed by atoms with Crippen molar-refractivity contribution in [3.63, 3.8) is 0 Å². The van der Waals surface area contributed by atoms with Crippen molar-refractivity contribution in [1.82, 2.24) is 10.2 Å². The Hall–Kier alpha value is -2.93. The SMILES string of the molecule is O=C(NC1C=CCN(C(=O)[C@]23C[C@H]2COC32CCC2)C1)c1occc1-c1ccc(F)cc1. The van der Waals surface area contributed by atoms with Gasteiger partial charge in [-0.15, -0.1) is 0 Å². The van der Waals surface area contributed by atoms with Crippen LogP contribution in [-0.4, -0.2) is 48.1 Å². The molecule has 2 aliphatic heterocycles. The minimum Gasteiger partial charge on any atom is -0.459 e. The summed E-state index contributed by atoms with van der Waals surface area (Å²) in [4.78, 5) is 28.4. The zero-order valence-corrected chi connectivity index (χ0v) is 17.7. The van der Waals surface area contributed by atoms with Gasteiger partial charge in [0.1, 0.15) is 5.82 Å². The molecule has 1 N–H and O–H groups in total. The summed E-state index contributed by atoms with van der Waals surface area (Å²) in [5.41, 5.74) is 0.714. The molecular weight excluding hydrogens is 411 g/mol. The van der Waals surface area contributed by atoms with Gasteiger partial charge in [0, 0.05) is 24.6 Å². The molecule has 1 spiro atoms. The molecule has 2 saturated carbocycles. The largest absolute Gasteiger partial charge is 0.459 e. The Bertz CT molecular complexity index is 1100. The lowest BCUT2D eigenvalue weighted by atomic mass is 9.68. The van der Waals surface area contributed by atoms with E-state index in [1.54, 1.807) is 18.2 Å². The van der Waals surface area contributed by atoms with E-state index in [-0.39, 0.29) is 40.4 Å². The first-order valence-corrected chi connectivity index (χ1v) is 11.3. The summed E-state index contributed by atoms with van der Waals surface area (Å²) in [6.45, 7) is 1.68. The minimum atomic E-state index is -0.361. The molecule has 0 radical (unpaired) electrons. The Morgan fingerprint density at radius 2 is 1.97 bits per heavy atom. The summed E-state index contributed by atoms with van der Waals surface area (Å²) in [5.74, 6) is -0.00897. The van der Waals surface area contributed by atoms with E-state index in [0.29, 0.717) is 36.7 Å². The summed E-state index contributed by atoms with van der Waals surface area (Å²) in [5, 5.41) is 2.97. The van der Waals surface area contributed by atoms with Crippen molar-refractivity contribution in [2.24, 2.45) is 11.3 Å². The summed E-state index contributed by atoms with van der Waals surface area (Å²) in [6.07, 6.45) is 9.32. The van der Waals surface area contributed by atoms with Crippen molar-refractivity contribution in [2.45, 2.75) is 37.3 Å². The van der Waals surface area contributed by atoms with Crippen molar-refractivity contribution < 1.29 is 23.1 Å². The molecule has 2 aliphatic carbocycles. The van der Waals surface area contributed by atoms with Crippen LogP contribution in [0.15, 0.2) is 53.2 Å². The average Bonchev–Trinajstić information content (AvgIpc) is 3.15. The van der Waals surface area contributed by atoms with Gasteiger partial charge >= 0.3 is 0 Å². The number of furan rings is 1. The second-order valence-electron chi connectivity index (χ2n) is 9.42. The Morgan fingerprint density at radius 1 is 1.16 bits per heavy atom. The number of fused-ring (bicyclic) bond motifs is 2. The van der Waals surface area contributed by atoms with Gasteiger partial charge in [-0.05, 0) is 49.4 Å². The number of hydrogen-bond acceptors (Lipinski definition) is 4. The highest BCUT2D eigenvalue weighted by Gasteiger charge is 2.77. The van der Waals surface area contributed by atoms with Gasteiger partial charge < -0.3 is 19.4 Å². The molecule has 7 heteroatoms. The first-order chi connectivity index (χ1) is 15.5. The van der Waals surface area contributed by atoms with Crippen LogP contribution >= 0.6 is 0 Å². The number of carbonyl (C=O) groups excluding carboxylic acids is 2. The van der Waals surface area contributed by atoms with Gasteiger partial charge in [-0.2, -0.15) is 0 Å². The molecule has 6 nitrogen and oxygen atoms in total. The predicted molar refractivity (Wildman–Crippen MR) is 114 cm³/mol. The number of nitrogens with one attached hydrogen (secondary N) is 1. The van der Waals surface area contributed by atoms with Crippen LogP contribution in [0.4, 0.5) is 4.39 Å². The zero-order valence-electron chi connectivity index (χ0n) is 17.7. The van der Waals surface area contributed by atoms with Crippen LogP contribution in [0.3, 0.4) is 0 Å². The van der Waals surface area contributed by atoms with Gasteiger partial charge in [-0.3, -0.25) is 9.59 Å². The van der Waals surface area contributed by atoms with Gasteiger partial charge in [0.05, 0.1) is 29.9 Å². The molecule has 1 aromatic heterocycles. The van der Waals surface area contributed by atoms with Gasteiger partial charge in [-0.1, -0.05) is 24.3 Å². The summed E-state index contributed by atoms with van der Waals surface area (Å²) in [6, 6.07) is 7.32. The number of benzene rings is 1. The highest BCUT2D eigenvalue weighted by atomic mass is 19.1.